The van der Waals surface area contributed by atoms with Crippen LogP contribution in [0.3, 0.4) is 0 Å². The largest absolute Gasteiger partial charge is 0.441 e. The maximum atomic E-state index is 13.3. The molecule has 0 saturated carbocycles. The Morgan fingerprint density at radius 2 is 2.27 bits per heavy atom. The molecule has 2 aromatic heterocycles. The van der Waals surface area contributed by atoms with Crippen LogP contribution in [-0.2, 0) is 24.8 Å². The molecule has 1 aliphatic carbocycles. The van der Waals surface area contributed by atoms with Crippen LogP contribution in [0.15, 0.2) is 24.4 Å². The third kappa shape index (κ3) is 3.96. The number of aryl methyl sites for hydroxylation is 1. The van der Waals surface area contributed by atoms with Gasteiger partial charge in [-0.15, -0.1) is 10.2 Å². The van der Waals surface area contributed by atoms with E-state index in [1.165, 1.54) is 18.2 Å². The first-order valence-electron chi connectivity index (χ1n) is 9.02. The Morgan fingerprint density at radius 1 is 1.43 bits per heavy atom. The second-order valence-corrected chi connectivity index (χ2v) is 7.15. The molecule has 1 aromatic carbocycles. The average molecular weight is 434 g/mol. The molecule has 3 aromatic rings. The number of rotatable bonds is 5. The lowest BCUT2D eigenvalue weighted by Crippen LogP contribution is -2.27. The van der Waals surface area contributed by atoms with E-state index in [4.69, 9.17) is 16.3 Å². The van der Waals surface area contributed by atoms with Crippen molar-refractivity contribution < 1.29 is 18.7 Å². The summed E-state index contributed by atoms with van der Waals surface area (Å²) in [5, 5.41) is 18.5. The number of alkyl carbamates (subject to hydrolysis) is 1. The van der Waals surface area contributed by atoms with Crippen molar-refractivity contribution in [2.75, 3.05) is 5.32 Å². The summed E-state index contributed by atoms with van der Waals surface area (Å²) < 4.78 is 20.1. The fraction of sp³-hybridized carbons (Fsp3) is 0.278. The van der Waals surface area contributed by atoms with Crippen LogP contribution in [0.2, 0.25) is 5.02 Å². The van der Waals surface area contributed by atoms with Crippen LogP contribution in [0.1, 0.15) is 39.9 Å². The molecule has 1 aliphatic rings. The third-order valence-electron chi connectivity index (χ3n) is 4.78. The average Bonchev–Trinajstić information content (AvgIpc) is 3.41. The second kappa shape index (κ2) is 8.11. The molecule has 12 heteroatoms. The predicted octanol–water partition coefficient (Wildman–Crippen LogP) is 2.50. The number of tetrazole rings is 1. The quantitative estimate of drug-likeness (QED) is 0.567. The summed E-state index contributed by atoms with van der Waals surface area (Å²) in [7, 11) is 1.75. The van der Waals surface area contributed by atoms with Crippen molar-refractivity contribution in [2.24, 2.45) is 7.05 Å². The predicted molar refractivity (Wildman–Crippen MR) is 103 cm³/mol. The highest BCUT2D eigenvalue weighted by Gasteiger charge is 2.31. The third-order valence-corrected chi connectivity index (χ3v) is 5.07. The molecule has 0 aliphatic heterocycles. The van der Waals surface area contributed by atoms with Crippen molar-refractivity contribution in [3.8, 4) is 0 Å². The van der Waals surface area contributed by atoms with Gasteiger partial charge in [-0.3, -0.25) is 4.79 Å². The summed E-state index contributed by atoms with van der Waals surface area (Å²) in [6.45, 7) is -0.107. The van der Waals surface area contributed by atoms with E-state index >= 15 is 0 Å². The number of ether oxygens (including phenoxy) is 1. The molecule has 30 heavy (non-hydrogen) atoms. The van der Waals surface area contributed by atoms with Crippen LogP contribution < -0.4 is 10.6 Å². The Kier molecular flexibility index (Phi) is 5.36. The maximum absolute atomic E-state index is 13.3. The molecule has 0 radical (unpaired) electrons. The molecule has 156 valence electrons. The van der Waals surface area contributed by atoms with E-state index in [9.17, 15) is 14.0 Å². The number of carbonyl (C=O) groups excluding carboxylic acids is 2. The first kappa shape index (κ1) is 19.8. The minimum Gasteiger partial charge on any atom is -0.441 e. The number of benzene rings is 1. The highest BCUT2D eigenvalue weighted by molar-refractivity contribution is 6.31. The van der Waals surface area contributed by atoms with Crippen LogP contribution in [0.25, 0.3) is 0 Å². The summed E-state index contributed by atoms with van der Waals surface area (Å²) in [5.41, 5.74) is 2.54. The smallest absolute Gasteiger partial charge is 0.408 e. The number of nitrogens with zero attached hydrogens (tertiary/aromatic N) is 4. The molecule has 10 nitrogen and oxygen atoms in total. The molecular weight excluding hydrogens is 417 g/mol. The van der Waals surface area contributed by atoms with Crippen LogP contribution >= 0.6 is 11.6 Å². The summed E-state index contributed by atoms with van der Waals surface area (Å²) in [6, 6.07) is 3.69. The van der Waals surface area contributed by atoms with Crippen molar-refractivity contribution in [1.29, 1.82) is 0 Å². The zero-order valence-electron chi connectivity index (χ0n) is 15.8. The zero-order chi connectivity index (χ0) is 21.3. The number of fused-ring (bicyclic) bond motifs is 1. The Morgan fingerprint density at radius 3 is 3.00 bits per heavy atom. The summed E-state index contributed by atoms with van der Waals surface area (Å²) >= 11 is 5.78. The van der Waals surface area contributed by atoms with Gasteiger partial charge in [-0.2, -0.15) is 5.21 Å². The number of halogens is 2. The second-order valence-electron chi connectivity index (χ2n) is 6.75. The topological polar surface area (TPSA) is 127 Å². The Bertz CT molecular complexity index is 1100. The molecule has 3 N–H and O–H groups in total. The summed E-state index contributed by atoms with van der Waals surface area (Å²) in [6.07, 6.45) is 2.43. The lowest BCUT2D eigenvalue weighted by molar-refractivity contribution is 0.101. The van der Waals surface area contributed by atoms with Crippen LogP contribution in [-0.4, -0.2) is 37.2 Å². The molecule has 1 atom stereocenters. The number of amides is 2. The van der Waals surface area contributed by atoms with E-state index in [2.05, 4.69) is 31.3 Å². The van der Waals surface area contributed by atoms with E-state index in [0.717, 1.165) is 11.1 Å². The Hall–Kier alpha value is -3.47. The van der Waals surface area contributed by atoms with Crippen LogP contribution in [0.5, 0.6) is 0 Å². The van der Waals surface area contributed by atoms with Gasteiger partial charge < -0.3 is 19.9 Å². The van der Waals surface area contributed by atoms with Crippen LogP contribution in [0.4, 0.5) is 14.9 Å². The van der Waals surface area contributed by atoms with Gasteiger partial charge in [0.1, 0.15) is 11.5 Å². The number of nitrogens with one attached hydrogen (secondary N) is 3. The minimum absolute atomic E-state index is 0.0755. The van der Waals surface area contributed by atoms with Crippen molar-refractivity contribution in [1.82, 2.24) is 30.5 Å². The van der Waals surface area contributed by atoms with Gasteiger partial charge in [0, 0.05) is 18.9 Å². The van der Waals surface area contributed by atoms with Gasteiger partial charge in [0.25, 0.3) is 5.91 Å². The van der Waals surface area contributed by atoms with Crippen molar-refractivity contribution in [3.05, 3.63) is 57.9 Å². The molecule has 0 spiro atoms. The Labute approximate surface area is 174 Å². The lowest BCUT2D eigenvalue weighted by Gasteiger charge is -2.12. The van der Waals surface area contributed by atoms with Gasteiger partial charge in [-0.1, -0.05) is 16.8 Å². The number of hydrogen-bond donors (Lipinski definition) is 3. The van der Waals surface area contributed by atoms with E-state index < -0.39 is 11.9 Å². The highest BCUT2D eigenvalue weighted by Crippen LogP contribution is 2.35. The lowest BCUT2D eigenvalue weighted by atomic mass is 10.1. The summed E-state index contributed by atoms with van der Waals surface area (Å²) in [4.78, 5) is 24.9. The minimum atomic E-state index is -0.617. The van der Waals surface area contributed by atoms with Gasteiger partial charge >= 0.3 is 6.09 Å². The van der Waals surface area contributed by atoms with Gasteiger partial charge in [0.15, 0.2) is 6.61 Å². The monoisotopic (exact) mass is 433 g/mol. The van der Waals surface area contributed by atoms with Gasteiger partial charge in [-0.25, -0.2) is 9.18 Å². The number of aromatic amines is 1. The van der Waals surface area contributed by atoms with Crippen LogP contribution in [0, 0.1) is 5.82 Å². The number of aromatic nitrogens is 5. The molecular formula is C18H17ClFN7O3. The van der Waals surface area contributed by atoms with Gasteiger partial charge in [0.2, 0.25) is 5.82 Å². The number of anilines is 1. The van der Waals surface area contributed by atoms with E-state index in [0.29, 0.717) is 24.2 Å². The number of hydrogen-bond acceptors (Lipinski definition) is 6. The van der Waals surface area contributed by atoms with E-state index in [1.54, 1.807) is 17.8 Å². The molecule has 4 rings (SSSR count). The Balaban J connectivity index is 1.44. The molecule has 0 fully saturated rings. The normalized spacial score (nSPS) is 15.0. The maximum Gasteiger partial charge on any atom is 0.408 e. The van der Waals surface area contributed by atoms with E-state index in [1.807, 2.05) is 0 Å². The molecule has 0 saturated heterocycles. The fourth-order valence-electron chi connectivity index (χ4n) is 3.48. The van der Waals surface area contributed by atoms with Crippen molar-refractivity contribution >= 4 is 29.3 Å². The fourth-order valence-corrected chi connectivity index (χ4v) is 3.66. The van der Waals surface area contributed by atoms with Gasteiger partial charge in [0.05, 0.1) is 11.1 Å². The molecule has 2 amide bonds. The molecule has 2 heterocycles. The molecule has 0 bridgehead atoms. The first-order chi connectivity index (χ1) is 14.4. The van der Waals surface area contributed by atoms with Gasteiger partial charge in [-0.05, 0) is 42.2 Å². The van der Waals surface area contributed by atoms with E-state index in [-0.39, 0.29) is 29.4 Å². The zero-order valence-corrected chi connectivity index (χ0v) is 16.5. The first-order valence-corrected chi connectivity index (χ1v) is 9.40. The van der Waals surface area contributed by atoms with Crippen molar-refractivity contribution in [2.45, 2.75) is 25.5 Å². The standard InChI is InChI=1S/C18H17ClFN7O3/c1-27-7-11-10(16(27)17(28)21-9-2-4-13(20)12(19)6-9)3-5-14(11)22-18(29)30-8-15-23-25-26-24-15/h2,4,6-7,14H,3,5,8H2,1H3,(H,21,28)(H,22,29)(H,23,24,25,26)/t14-/m1/s1. The molecule has 0 unspecified atom stereocenters. The number of carbonyl (C=O) groups is 2. The highest BCUT2D eigenvalue weighted by atomic mass is 35.5. The number of H-pyrrole nitrogens is 1. The van der Waals surface area contributed by atoms with Crippen molar-refractivity contribution in [3.63, 3.8) is 0 Å². The summed E-state index contributed by atoms with van der Waals surface area (Å²) in [5.74, 6) is -0.645. The SMILES string of the molecule is Cn1cc2c(c1C(=O)Nc1ccc(F)c(Cl)c1)CC[C@H]2NC(=O)OCc1nn[nH]n1.